The van der Waals surface area contributed by atoms with Crippen molar-refractivity contribution in [2.24, 2.45) is 0 Å². The Kier molecular flexibility index (Phi) is 7.10. The number of rotatable bonds is 8. The van der Waals surface area contributed by atoms with Crippen molar-refractivity contribution < 1.29 is 4.74 Å². The van der Waals surface area contributed by atoms with Gasteiger partial charge in [0.2, 0.25) is 0 Å². The second-order valence-corrected chi connectivity index (χ2v) is 6.00. The van der Waals surface area contributed by atoms with Crippen LogP contribution in [0.1, 0.15) is 56.9 Å². The molecule has 1 aliphatic rings. The summed E-state index contributed by atoms with van der Waals surface area (Å²) < 4.78 is 5.93. The molecule has 1 fully saturated rings. The van der Waals surface area contributed by atoms with Gasteiger partial charge >= 0.3 is 0 Å². The monoisotopic (exact) mass is 275 g/mol. The molecule has 1 N–H and O–H groups in total. The summed E-state index contributed by atoms with van der Waals surface area (Å²) in [7, 11) is 0. The van der Waals surface area contributed by atoms with E-state index in [1.54, 1.807) is 0 Å². The van der Waals surface area contributed by atoms with Crippen molar-refractivity contribution in [1.29, 1.82) is 0 Å². The minimum absolute atomic E-state index is 0.548. The maximum absolute atomic E-state index is 5.93. The number of hydrogen-bond donors (Lipinski definition) is 1. The number of nitrogens with one attached hydrogen (secondary N) is 1. The summed E-state index contributed by atoms with van der Waals surface area (Å²) in [5.74, 6) is 0.579. The first-order valence-corrected chi connectivity index (χ1v) is 8.23. The summed E-state index contributed by atoms with van der Waals surface area (Å²) in [5.41, 5.74) is 1.42. The summed E-state index contributed by atoms with van der Waals surface area (Å²) in [6.07, 6.45) is 8.34. The second-order valence-electron chi connectivity index (χ2n) is 6.00. The van der Waals surface area contributed by atoms with Gasteiger partial charge in [-0.15, -0.1) is 0 Å². The molecule has 1 aromatic rings. The van der Waals surface area contributed by atoms with E-state index in [0.717, 1.165) is 26.1 Å². The summed E-state index contributed by atoms with van der Waals surface area (Å²) >= 11 is 0. The molecule has 2 rings (SSSR count). The number of ether oxygens (including phenoxy) is 1. The van der Waals surface area contributed by atoms with Gasteiger partial charge < -0.3 is 10.1 Å². The van der Waals surface area contributed by atoms with Crippen LogP contribution in [0.15, 0.2) is 30.3 Å². The van der Waals surface area contributed by atoms with Crippen LogP contribution in [0.4, 0.5) is 0 Å². The van der Waals surface area contributed by atoms with E-state index in [9.17, 15) is 0 Å². The van der Waals surface area contributed by atoms with Crippen molar-refractivity contribution in [2.75, 3.05) is 19.7 Å². The van der Waals surface area contributed by atoms with E-state index < -0.39 is 0 Å². The Hall–Kier alpha value is -0.860. The molecule has 1 saturated carbocycles. The van der Waals surface area contributed by atoms with Crippen molar-refractivity contribution in [3.8, 4) is 0 Å². The Morgan fingerprint density at radius 1 is 1.15 bits per heavy atom. The summed E-state index contributed by atoms with van der Waals surface area (Å²) in [5, 5.41) is 3.54. The largest absolute Gasteiger partial charge is 0.378 e. The molecular formula is C18H29NO. The highest BCUT2D eigenvalue weighted by atomic mass is 16.5. The molecule has 0 radical (unpaired) electrons. The average molecular weight is 275 g/mol. The minimum atomic E-state index is 0.548. The molecule has 1 atom stereocenters. The summed E-state index contributed by atoms with van der Waals surface area (Å²) in [6.45, 7) is 5.30. The Bertz CT molecular complexity index is 346. The normalized spacial score (nSPS) is 18.1. The topological polar surface area (TPSA) is 21.3 Å². The van der Waals surface area contributed by atoms with Crippen molar-refractivity contribution in [2.45, 2.75) is 57.5 Å². The lowest BCUT2D eigenvalue weighted by molar-refractivity contribution is 0.0273. The maximum Gasteiger partial charge on any atom is 0.0575 e. The van der Waals surface area contributed by atoms with Gasteiger partial charge in [-0.25, -0.2) is 0 Å². The molecule has 1 unspecified atom stereocenters. The quantitative estimate of drug-likeness (QED) is 0.721. The van der Waals surface area contributed by atoms with E-state index in [1.807, 2.05) is 0 Å². The third-order valence-electron chi connectivity index (χ3n) is 4.22. The molecule has 1 aliphatic carbocycles. The van der Waals surface area contributed by atoms with Gasteiger partial charge in [-0.3, -0.25) is 0 Å². The molecule has 2 nitrogen and oxygen atoms in total. The summed E-state index contributed by atoms with van der Waals surface area (Å²) in [6, 6.07) is 10.7. The smallest absolute Gasteiger partial charge is 0.0575 e. The number of benzene rings is 1. The highest BCUT2D eigenvalue weighted by Crippen LogP contribution is 2.20. The Morgan fingerprint density at radius 3 is 2.65 bits per heavy atom. The molecular weight excluding hydrogens is 246 g/mol. The minimum Gasteiger partial charge on any atom is -0.378 e. The fourth-order valence-corrected chi connectivity index (χ4v) is 2.90. The van der Waals surface area contributed by atoms with Crippen LogP contribution in [0.2, 0.25) is 0 Å². The molecule has 0 heterocycles. The van der Waals surface area contributed by atoms with Gasteiger partial charge in [-0.1, -0.05) is 56.5 Å². The zero-order valence-electron chi connectivity index (χ0n) is 12.8. The number of hydrogen-bond acceptors (Lipinski definition) is 2. The molecule has 1 aromatic carbocycles. The van der Waals surface area contributed by atoms with Crippen LogP contribution < -0.4 is 5.32 Å². The molecule has 0 aromatic heterocycles. The first-order chi connectivity index (χ1) is 9.86. The predicted octanol–water partition coefficient (Wildman–Crippen LogP) is 4.12. The fourth-order valence-electron chi connectivity index (χ4n) is 2.90. The van der Waals surface area contributed by atoms with E-state index in [1.165, 1.54) is 37.7 Å². The van der Waals surface area contributed by atoms with Crippen molar-refractivity contribution in [1.82, 2.24) is 5.32 Å². The van der Waals surface area contributed by atoms with E-state index in [0.29, 0.717) is 12.0 Å². The van der Waals surface area contributed by atoms with Gasteiger partial charge in [0.05, 0.1) is 6.10 Å². The molecule has 0 amide bonds. The van der Waals surface area contributed by atoms with Crippen LogP contribution in [-0.4, -0.2) is 25.8 Å². The van der Waals surface area contributed by atoms with E-state index in [4.69, 9.17) is 4.74 Å². The van der Waals surface area contributed by atoms with Gasteiger partial charge in [0.15, 0.2) is 0 Å². The molecule has 0 saturated heterocycles. The Balaban J connectivity index is 1.49. The Morgan fingerprint density at radius 2 is 1.90 bits per heavy atom. The fraction of sp³-hybridized carbons (Fsp3) is 0.667. The van der Waals surface area contributed by atoms with Crippen molar-refractivity contribution in [3.63, 3.8) is 0 Å². The molecule has 0 bridgehead atoms. The van der Waals surface area contributed by atoms with Crippen molar-refractivity contribution >= 4 is 0 Å². The van der Waals surface area contributed by atoms with Crippen LogP contribution >= 0.6 is 0 Å². The van der Waals surface area contributed by atoms with Crippen LogP contribution in [0.5, 0.6) is 0 Å². The first-order valence-electron chi connectivity index (χ1n) is 8.23. The average Bonchev–Trinajstić information content (AvgIpc) is 2.52. The maximum atomic E-state index is 5.93. The molecule has 0 spiro atoms. The lowest BCUT2D eigenvalue weighted by atomic mass is 9.98. The van der Waals surface area contributed by atoms with Crippen LogP contribution in [0.3, 0.4) is 0 Å². The highest BCUT2D eigenvalue weighted by Gasteiger charge is 2.12. The van der Waals surface area contributed by atoms with E-state index in [-0.39, 0.29) is 0 Å². The third-order valence-corrected chi connectivity index (χ3v) is 4.22. The SMILES string of the molecule is CC(CNCCCOC1CCCCC1)c1ccccc1. The predicted molar refractivity (Wildman–Crippen MR) is 85.2 cm³/mol. The molecule has 20 heavy (non-hydrogen) atoms. The van der Waals surface area contributed by atoms with Gasteiger partial charge in [0, 0.05) is 13.2 Å². The lowest BCUT2D eigenvalue weighted by Gasteiger charge is -2.22. The standard InChI is InChI=1S/C18H29NO/c1-16(17-9-4-2-5-10-17)15-19-13-8-14-20-18-11-6-3-7-12-18/h2,4-5,9-10,16,18-19H,3,6-8,11-15H2,1H3. The first kappa shape index (κ1) is 15.5. The summed E-state index contributed by atoms with van der Waals surface area (Å²) in [4.78, 5) is 0. The van der Waals surface area contributed by atoms with Gasteiger partial charge in [0.25, 0.3) is 0 Å². The second kappa shape index (κ2) is 9.15. The van der Waals surface area contributed by atoms with Gasteiger partial charge in [0.1, 0.15) is 0 Å². The van der Waals surface area contributed by atoms with Crippen LogP contribution in [-0.2, 0) is 4.74 Å². The third kappa shape index (κ3) is 5.64. The van der Waals surface area contributed by atoms with E-state index >= 15 is 0 Å². The van der Waals surface area contributed by atoms with Crippen LogP contribution in [0, 0.1) is 0 Å². The van der Waals surface area contributed by atoms with Crippen LogP contribution in [0.25, 0.3) is 0 Å². The zero-order chi connectivity index (χ0) is 14.0. The molecule has 112 valence electrons. The molecule has 0 aliphatic heterocycles. The van der Waals surface area contributed by atoms with Crippen molar-refractivity contribution in [3.05, 3.63) is 35.9 Å². The van der Waals surface area contributed by atoms with Gasteiger partial charge in [-0.05, 0) is 37.3 Å². The lowest BCUT2D eigenvalue weighted by Crippen LogP contribution is -2.23. The highest BCUT2D eigenvalue weighted by molar-refractivity contribution is 5.18. The van der Waals surface area contributed by atoms with E-state index in [2.05, 4.69) is 42.6 Å². The Labute approximate surface area is 123 Å². The van der Waals surface area contributed by atoms with Gasteiger partial charge in [-0.2, -0.15) is 0 Å². The zero-order valence-corrected chi connectivity index (χ0v) is 12.8. The molecule has 2 heteroatoms.